The van der Waals surface area contributed by atoms with Gasteiger partial charge in [-0.15, -0.1) is 10.2 Å². The van der Waals surface area contributed by atoms with Crippen molar-refractivity contribution in [2.75, 3.05) is 13.2 Å². The van der Waals surface area contributed by atoms with Crippen LogP contribution in [0.1, 0.15) is 43.7 Å². The van der Waals surface area contributed by atoms with Crippen molar-refractivity contribution in [3.8, 4) is 11.4 Å². The van der Waals surface area contributed by atoms with Crippen molar-refractivity contribution in [2.45, 2.75) is 48.4 Å². The summed E-state index contributed by atoms with van der Waals surface area (Å²) in [6.07, 6.45) is 5.72. The van der Waals surface area contributed by atoms with E-state index in [4.69, 9.17) is 9.47 Å². The average molecular weight is 426 g/mol. The number of benzene rings is 2. The largest absolute Gasteiger partial charge is 0.335 e. The van der Waals surface area contributed by atoms with Gasteiger partial charge in [-0.1, -0.05) is 61.7 Å². The van der Waals surface area contributed by atoms with E-state index in [0.29, 0.717) is 19.0 Å². The Bertz CT molecular complexity index is 999. The molecule has 5 nitrogen and oxygen atoms in total. The molecule has 5 rings (SSSR count). The van der Waals surface area contributed by atoms with Gasteiger partial charge < -0.3 is 9.47 Å². The average Bonchev–Trinajstić information content (AvgIpc) is 3.43. The lowest BCUT2D eigenvalue weighted by atomic mass is 9.95. The van der Waals surface area contributed by atoms with E-state index in [0.717, 1.165) is 29.1 Å². The molecule has 0 N–H and O–H groups in total. The zero-order chi connectivity index (χ0) is 20.4. The normalized spacial score (nSPS) is 19.2. The van der Waals surface area contributed by atoms with Crippen molar-refractivity contribution in [3.05, 3.63) is 66.0 Å². The highest BCUT2D eigenvalue weighted by molar-refractivity contribution is 7.99. The molecule has 1 aliphatic carbocycles. The third-order valence-corrected chi connectivity index (χ3v) is 6.91. The molecule has 0 radical (unpaired) electrons. The first-order valence-corrected chi connectivity index (χ1v) is 11.3. The quantitative estimate of drug-likeness (QED) is 0.537. The minimum atomic E-state index is -0.945. The van der Waals surface area contributed by atoms with E-state index < -0.39 is 5.12 Å². The molecule has 2 aliphatic rings. The Morgan fingerprint density at radius 2 is 1.70 bits per heavy atom. The number of hydrogen-bond donors (Lipinski definition) is 0. The Kier molecular flexibility index (Phi) is 5.58. The fraction of sp³-hybridized carbons (Fsp3) is 0.391. The van der Waals surface area contributed by atoms with Gasteiger partial charge in [-0.25, -0.2) is 4.39 Å². The molecule has 0 unspecified atom stereocenters. The SMILES string of the molecule is Fc1cccc(-c2nnc(SC3(c4ccccc4)OCCO3)n2C2CCCCC2)c1. The Labute approximate surface area is 179 Å². The van der Waals surface area contributed by atoms with E-state index in [2.05, 4.69) is 14.8 Å². The Morgan fingerprint density at radius 1 is 0.933 bits per heavy atom. The zero-order valence-electron chi connectivity index (χ0n) is 16.7. The zero-order valence-corrected chi connectivity index (χ0v) is 17.5. The maximum atomic E-state index is 13.9. The number of nitrogens with zero attached hydrogens (tertiary/aromatic N) is 3. The third kappa shape index (κ3) is 3.77. The van der Waals surface area contributed by atoms with Crippen LogP contribution in [-0.4, -0.2) is 28.0 Å². The highest BCUT2D eigenvalue weighted by Crippen LogP contribution is 2.47. The number of ether oxygens (including phenoxy) is 2. The topological polar surface area (TPSA) is 49.2 Å². The fourth-order valence-electron chi connectivity index (χ4n) is 4.28. The maximum absolute atomic E-state index is 13.9. The number of aromatic nitrogens is 3. The molecule has 156 valence electrons. The van der Waals surface area contributed by atoms with E-state index in [9.17, 15) is 4.39 Å². The highest BCUT2D eigenvalue weighted by Gasteiger charge is 2.42. The van der Waals surface area contributed by atoms with Gasteiger partial charge >= 0.3 is 0 Å². The van der Waals surface area contributed by atoms with E-state index >= 15 is 0 Å². The van der Waals surface area contributed by atoms with Gasteiger partial charge in [0, 0.05) is 17.2 Å². The van der Waals surface area contributed by atoms with Crippen LogP contribution in [0.15, 0.2) is 59.8 Å². The van der Waals surface area contributed by atoms with Crippen molar-refractivity contribution in [1.29, 1.82) is 0 Å². The van der Waals surface area contributed by atoms with Crippen LogP contribution in [0.4, 0.5) is 4.39 Å². The van der Waals surface area contributed by atoms with Gasteiger partial charge in [0.05, 0.1) is 13.2 Å². The van der Waals surface area contributed by atoms with Crippen molar-refractivity contribution >= 4 is 11.8 Å². The molecular formula is C23H24FN3O2S. The smallest absolute Gasteiger partial charge is 0.253 e. The molecule has 1 saturated heterocycles. The second-order valence-electron chi connectivity index (χ2n) is 7.70. The lowest BCUT2D eigenvalue weighted by Gasteiger charge is -2.29. The molecule has 0 spiro atoms. The molecule has 2 heterocycles. The van der Waals surface area contributed by atoms with Crippen molar-refractivity contribution in [3.63, 3.8) is 0 Å². The number of rotatable bonds is 5. The van der Waals surface area contributed by atoms with Crippen LogP contribution in [0, 0.1) is 5.82 Å². The third-order valence-electron chi connectivity index (χ3n) is 5.71. The predicted octanol–water partition coefficient (Wildman–Crippen LogP) is 5.54. The van der Waals surface area contributed by atoms with Gasteiger partial charge in [-0.05, 0) is 36.7 Å². The second-order valence-corrected chi connectivity index (χ2v) is 8.81. The molecule has 1 aromatic heterocycles. The summed E-state index contributed by atoms with van der Waals surface area (Å²) in [6.45, 7) is 1.05. The van der Waals surface area contributed by atoms with Gasteiger partial charge in [0.2, 0.25) is 0 Å². The lowest BCUT2D eigenvalue weighted by molar-refractivity contribution is -0.0819. The van der Waals surface area contributed by atoms with Crippen LogP contribution < -0.4 is 0 Å². The molecular weight excluding hydrogens is 401 g/mol. The molecule has 1 saturated carbocycles. The summed E-state index contributed by atoms with van der Waals surface area (Å²) in [5.74, 6) is 0.424. The lowest BCUT2D eigenvalue weighted by Crippen LogP contribution is -2.24. The van der Waals surface area contributed by atoms with E-state index in [1.54, 1.807) is 6.07 Å². The summed E-state index contributed by atoms with van der Waals surface area (Å²) < 4.78 is 28.3. The summed E-state index contributed by atoms with van der Waals surface area (Å²) in [5, 5.41) is 8.81. The second kappa shape index (κ2) is 8.49. The van der Waals surface area contributed by atoms with Crippen molar-refractivity contribution < 1.29 is 13.9 Å². The molecule has 30 heavy (non-hydrogen) atoms. The van der Waals surface area contributed by atoms with Gasteiger partial charge in [-0.2, -0.15) is 0 Å². The summed E-state index contributed by atoms with van der Waals surface area (Å²) in [6, 6.07) is 16.8. The minimum Gasteiger partial charge on any atom is -0.335 e. The van der Waals surface area contributed by atoms with Gasteiger partial charge in [0.25, 0.3) is 5.12 Å². The maximum Gasteiger partial charge on any atom is 0.253 e. The molecule has 3 aromatic rings. The van der Waals surface area contributed by atoms with Crippen LogP contribution >= 0.6 is 11.8 Å². The molecule has 0 amide bonds. The molecule has 2 fully saturated rings. The Hall–Kier alpha value is -2.22. The summed E-state index contributed by atoms with van der Waals surface area (Å²) >= 11 is 1.44. The van der Waals surface area contributed by atoms with Gasteiger partial charge in [0.15, 0.2) is 11.0 Å². The summed E-state index contributed by atoms with van der Waals surface area (Å²) in [4.78, 5) is 0. The summed E-state index contributed by atoms with van der Waals surface area (Å²) in [5.41, 5.74) is 1.68. The van der Waals surface area contributed by atoms with Crippen LogP contribution in [0.5, 0.6) is 0 Å². The highest BCUT2D eigenvalue weighted by atomic mass is 32.2. The fourth-order valence-corrected chi connectivity index (χ4v) is 5.47. The predicted molar refractivity (Wildman–Crippen MR) is 113 cm³/mol. The first-order chi connectivity index (χ1) is 14.8. The standard InChI is InChI=1S/C23H24FN3O2S/c24-19-11-7-8-17(16-19)21-25-26-22(27(21)20-12-5-2-6-13-20)30-23(28-14-15-29-23)18-9-3-1-4-10-18/h1,3-4,7-11,16,20H,2,5-6,12-15H2. The minimum absolute atomic E-state index is 0.275. The number of hydrogen-bond acceptors (Lipinski definition) is 5. The van der Waals surface area contributed by atoms with Gasteiger partial charge in [-0.3, -0.25) is 4.57 Å². The number of thioether (sulfide) groups is 1. The Morgan fingerprint density at radius 3 is 2.43 bits per heavy atom. The van der Waals surface area contributed by atoms with Crippen LogP contribution in [-0.2, 0) is 14.6 Å². The van der Waals surface area contributed by atoms with Crippen LogP contribution in [0.25, 0.3) is 11.4 Å². The first-order valence-electron chi connectivity index (χ1n) is 10.5. The van der Waals surface area contributed by atoms with Crippen molar-refractivity contribution in [1.82, 2.24) is 14.8 Å². The first kappa shape index (κ1) is 19.7. The number of halogens is 1. The van der Waals surface area contributed by atoms with Crippen molar-refractivity contribution in [2.24, 2.45) is 0 Å². The Balaban J connectivity index is 1.58. The molecule has 1 aliphatic heterocycles. The van der Waals surface area contributed by atoms with Crippen LogP contribution in [0.2, 0.25) is 0 Å². The van der Waals surface area contributed by atoms with E-state index in [1.807, 2.05) is 36.4 Å². The monoisotopic (exact) mass is 425 g/mol. The summed E-state index contributed by atoms with van der Waals surface area (Å²) in [7, 11) is 0. The van der Waals surface area contributed by atoms with E-state index in [-0.39, 0.29) is 11.9 Å². The molecule has 0 bridgehead atoms. The van der Waals surface area contributed by atoms with Gasteiger partial charge in [0.1, 0.15) is 5.82 Å². The van der Waals surface area contributed by atoms with E-state index in [1.165, 1.54) is 43.2 Å². The molecule has 2 aromatic carbocycles. The molecule has 0 atom stereocenters. The van der Waals surface area contributed by atoms with Crippen LogP contribution in [0.3, 0.4) is 0 Å². The molecule has 7 heteroatoms.